The summed E-state index contributed by atoms with van der Waals surface area (Å²) in [7, 11) is 0. The van der Waals surface area contributed by atoms with Crippen LogP contribution in [0.1, 0.15) is 29.0 Å². The highest BCUT2D eigenvalue weighted by atomic mass is 35.5. The molecule has 0 N–H and O–H groups in total. The maximum atomic E-state index is 12.3. The molecule has 1 aliphatic rings. The number of aryl methyl sites for hydroxylation is 1. The zero-order chi connectivity index (χ0) is 17.1. The second kappa shape index (κ2) is 7.09. The monoisotopic (exact) mass is 347 g/mol. The Labute approximate surface area is 145 Å². The SMILES string of the molecule is Cc1cc(Cl)ccc1OC(=O)C1CCN(C(=O)c2ccco2)CC1. The van der Waals surface area contributed by atoms with Crippen molar-refractivity contribution in [1.82, 2.24) is 4.90 Å². The predicted molar refractivity (Wildman–Crippen MR) is 89.2 cm³/mol. The first-order valence-electron chi connectivity index (χ1n) is 7.85. The lowest BCUT2D eigenvalue weighted by Crippen LogP contribution is -2.41. The molecule has 1 aromatic carbocycles. The molecular formula is C18H18ClNO4. The van der Waals surface area contributed by atoms with Crippen molar-refractivity contribution in [2.24, 2.45) is 5.92 Å². The van der Waals surface area contributed by atoms with Crippen LogP contribution in [-0.2, 0) is 4.79 Å². The predicted octanol–water partition coefficient (Wildman–Crippen LogP) is 3.70. The minimum absolute atomic E-state index is 0.139. The van der Waals surface area contributed by atoms with E-state index in [1.165, 1.54) is 6.26 Å². The number of ether oxygens (including phenoxy) is 1. The number of amides is 1. The Morgan fingerprint density at radius 2 is 2.00 bits per heavy atom. The van der Waals surface area contributed by atoms with Crippen molar-refractivity contribution in [3.05, 3.63) is 52.9 Å². The fraction of sp³-hybridized carbons (Fsp3) is 0.333. The van der Waals surface area contributed by atoms with E-state index in [9.17, 15) is 9.59 Å². The minimum atomic E-state index is -0.259. The van der Waals surface area contributed by atoms with Crippen molar-refractivity contribution in [3.8, 4) is 5.75 Å². The summed E-state index contributed by atoms with van der Waals surface area (Å²) in [6, 6.07) is 8.49. The molecule has 6 heteroatoms. The molecule has 2 heterocycles. The number of furan rings is 1. The highest BCUT2D eigenvalue weighted by Gasteiger charge is 2.30. The van der Waals surface area contributed by atoms with Crippen LogP contribution in [0.25, 0.3) is 0 Å². The Kier molecular flexibility index (Phi) is 4.90. The lowest BCUT2D eigenvalue weighted by molar-refractivity contribution is -0.140. The number of carbonyl (C=O) groups is 2. The third-order valence-corrected chi connectivity index (χ3v) is 4.43. The lowest BCUT2D eigenvalue weighted by Gasteiger charge is -2.30. The van der Waals surface area contributed by atoms with Crippen molar-refractivity contribution in [3.63, 3.8) is 0 Å². The van der Waals surface area contributed by atoms with Crippen molar-refractivity contribution in [2.75, 3.05) is 13.1 Å². The molecule has 24 heavy (non-hydrogen) atoms. The Balaban J connectivity index is 1.56. The number of rotatable bonds is 3. The maximum absolute atomic E-state index is 12.3. The summed E-state index contributed by atoms with van der Waals surface area (Å²) < 4.78 is 10.6. The molecule has 1 amide bonds. The minimum Gasteiger partial charge on any atom is -0.459 e. The summed E-state index contributed by atoms with van der Waals surface area (Å²) in [5.74, 6) is 0.248. The molecule has 126 valence electrons. The number of nitrogens with zero attached hydrogens (tertiary/aromatic N) is 1. The largest absolute Gasteiger partial charge is 0.459 e. The van der Waals surface area contributed by atoms with Crippen LogP contribution in [0.2, 0.25) is 5.02 Å². The van der Waals surface area contributed by atoms with Crippen LogP contribution < -0.4 is 4.74 Å². The zero-order valence-corrected chi connectivity index (χ0v) is 14.1. The van der Waals surface area contributed by atoms with E-state index in [-0.39, 0.29) is 17.8 Å². The standard InChI is InChI=1S/C18H18ClNO4/c1-12-11-14(19)4-5-15(12)24-18(22)13-6-8-20(9-7-13)17(21)16-3-2-10-23-16/h2-5,10-11,13H,6-9H2,1H3. The number of likely N-dealkylation sites (tertiary alicyclic amines) is 1. The first-order valence-corrected chi connectivity index (χ1v) is 8.23. The third-order valence-electron chi connectivity index (χ3n) is 4.19. The van der Waals surface area contributed by atoms with Crippen LogP contribution in [0.3, 0.4) is 0 Å². The Hall–Kier alpha value is -2.27. The van der Waals surface area contributed by atoms with Crippen molar-refractivity contribution >= 4 is 23.5 Å². The first-order chi connectivity index (χ1) is 11.5. The van der Waals surface area contributed by atoms with Crippen LogP contribution >= 0.6 is 11.6 Å². The summed E-state index contributed by atoms with van der Waals surface area (Å²) in [6.07, 6.45) is 2.64. The molecule has 0 unspecified atom stereocenters. The highest BCUT2D eigenvalue weighted by molar-refractivity contribution is 6.30. The molecule has 1 saturated heterocycles. The van der Waals surface area contributed by atoms with Crippen molar-refractivity contribution < 1.29 is 18.7 Å². The number of carbonyl (C=O) groups excluding carboxylic acids is 2. The Morgan fingerprint density at radius 1 is 1.25 bits per heavy atom. The molecule has 0 bridgehead atoms. The van der Waals surface area contributed by atoms with Gasteiger partial charge in [-0.2, -0.15) is 0 Å². The van der Waals surface area contributed by atoms with Gasteiger partial charge in [0.25, 0.3) is 5.91 Å². The summed E-state index contributed by atoms with van der Waals surface area (Å²) in [5.41, 5.74) is 0.821. The number of halogens is 1. The topological polar surface area (TPSA) is 59.8 Å². The van der Waals surface area contributed by atoms with Gasteiger partial charge < -0.3 is 14.1 Å². The maximum Gasteiger partial charge on any atom is 0.314 e. The van der Waals surface area contributed by atoms with E-state index in [2.05, 4.69) is 0 Å². The summed E-state index contributed by atoms with van der Waals surface area (Å²) >= 11 is 5.90. The van der Waals surface area contributed by atoms with Gasteiger partial charge in [0.1, 0.15) is 5.75 Å². The third kappa shape index (κ3) is 3.62. The Morgan fingerprint density at radius 3 is 2.62 bits per heavy atom. The van der Waals surface area contributed by atoms with E-state index >= 15 is 0 Å². The van der Waals surface area contributed by atoms with Crippen LogP contribution in [-0.4, -0.2) is 29.9 Å². The van der Waals surface area contributed by atoms with E-state index in [1.807, 2.05) is 6.92 Å². The van der Waals surface area contributed by atoms with Gasteiger partial charge in [0.2, 0.25) is 0 Å². The number of hydrogen-bond donors (Lipinski definition) is 0. The van der Waals surface area contributed by atoms with Crippen LogP contribution in [0.4, 0.5) is 0 Å². The van der Waals surface area contributed by atoms with Gasteiger partial charge in [-0.15, -0.1) is 0 Å². The van der Waals surface area contributed by atoms with E-state index in [0.29, 0.717) is 42.5 Å². The van der Waals surface area contributed by atoms with Crippen molar-refractivity contribution in [2.45, 2.75) is 19.8 Å². The second-order valence-electron chi connectivity index (χ2n) is 5.87. The fourth-order valence-corrected chi connectivity index (χ4v) is 3.02. The molecule has 1 aliphatic heterocycles. The summed E-state index contributed by atoms with van der Waals surface area (Å²) in [5, 5.41) is 0.608. The average molecular weight is 348 g/mol. The van der Waals surface area contributed by atoms with Crippen LogP contribution in [0, 0.1) is 12.8 Å². The molecular weight excluding hydrogens is 330 g/mol. The number of piperidine rings is 1. The number of esters is 1. The van der Waals surface area contributed by atoms with Gasteiger partial charge in [-0.1, -0.05) is 11.6 Å². The lowest BCUT2D eigenvalue weighted by atomic mass is 9.97. The van der Waals surface area contributed by atoms with E-state index in [1.54, 1.807) is 35.2 Å². The quantitative estimate of drug-likeness (QED) is 0.627. The Bertz CT molecular complexity index is 733. The van der Waals surface area contributed by atoms with Gasteiger partial charge in [-0.25, -0.2) is 0 Å². The molecule has 1 aromatic heterocycles. The van der Waals surface area contributed by atoms with Gasteiger partial charge in [0.15, 0.2) is 5.76 Å². The molecule has 0 radical (unpaired) electrons. The number of benzene rings is 1. The summed E-state index contributed by atoms with van der Waals surface area (Å²) in [4.78, 5) is 26.2. The molecule has 2 aromatic rings. The molecule has 5 nitrogen and oxygen atoms in total. The van der Waals surface area contributed by atoms with E-state index in [4.69, 9.17) is 20.8 Å². The number of hydrogen-bond acceptors (Lipinski definition) is 4. The van der Waals surface area contributed by atoms with E-state index < -0.39 is 0 Å². The van der Waals surface area contributed by atoms with Gasteiger partial charge in [0.05, 0.1) is 12.2 Å². The molecule has 0 atom stereocenters. The second-order valence-corrected chi connectivity index (χ2v) is 6.31. The van der Waals surface area contributed by atoms with Gasteiger partial charge >= 0.3 is 5.97 Å². The molecule has 3 rings (SSSR count). The first kappa shape index (κ1) is 16.6. The zero-order valence-electron chi connectivity index (χ0n) is 13.3. The van der Waals surface area contributed by atoms with Crippen LogP contribution in [0.5, 0.6) is 5.75 Å². The molecule has 0 spiro atoms. The smallest absolute Gasteiger partial charge is 0.314 e. The van der Waals surface area contributed by atoms with Crippen LogP contribution in [0.15, 0.2) is 41.0 Å². The van der Waals surface area contributed by atoms with Crippen molar-refractivity contribution in [1.29, 1.82) is 0 Å². The average Bonchev–Trinajstić information content (AvgIpc) is 3.11. The summed E-state index contributed by atoms with van der Waals surface area (Å²) in [6.45, 7) is 2.87. The van der Waals surface area contributed by atoms with Gasteiger partial charge in [0, 0.05) is 18.1 Å². The van der Waals surface area contributed by atoms with Gasteiger partial charge in [-0.3, -0.25) is 9.59 Å². The highest BCUT2D eigenvalue weighted by Crippen LogP contribution is 2.25. The van der Waals surface area contributed by atoms with E-state index in [0.717, 1.165) is 5.56 Å². The molecule has 1 fully saturated rings. The molecule has 0 saturated carbocycles. The normalized spacial score (nSPS) is 15.3. The molecule has 0 aliphatic carbocycles. The van der Waals surface area contributed by atoms with Gasteiger partial charge in [-0.05, 0) is 55.7 Å². The fourth-order valence-electron chi connectivity index (χ4n) is 2.79.